The Morgan fingerprint density at radius 2 is 1.40 bits per heavy atom. The van der Waals surface area contributed by atoms with Crippen LogP contribution in [-0.4, -0.2) is 18.9 Å². The smallest absolute Gasteiger partial charge is 0.481 e. The average Bonchev–Trinajstić information content (AvgIpc) is 3.43. The monoisotopic (exact) mass is 591 g/mol. The number of ether oxygens (including phenoxy) is 3. The summed E-state index contributed by atoms with van der Waals surface area (Å²) < 4.78 is 53.6. The summed E-state index contributed by atoms with van der Waals surface area (Å²) in [6, 6.07) is 30.3. The average molecular weight is 592 g/mol. The summed E-state index contributed by atoms with van der Waals surface area (Å²) in [5.41, 5.74) is 1.28. The molecule has 0 amide bonds. The first-order valence-corrected chi connectivity index (χ1v) is 14.7. The summed E-state index contributed by atoms with van der Waals surface area (Å²) >= 11 is 0. The van der Waals surface area contributed by atoms with Crippen molar-refractivity contribution in [1.82, 2.24) is 0 Å². The van der Waals surface area contributed by atoms with Gasteiger partial charge in [-0.25, -0.2) is 4.79 Å². The lowest BCUT2D eigenvalue weighted by Crippen LogP contribution is -2.31. The maximum absolute atomic E-state index is 13.0. The molecule has 0 heterocycles. The number of carbonyl (C=O) groups is 1. The summed E-state index contributed by atoms with van der Waals surface area (Å²) in [7, 11) is -0.320. The molecule has 0 saturated carbocycles. The quantitative estimate of drug-likeness (QED) is 0.111. The van der Waals surface area contributed by atoms with E-state index in [0.717, 1.165) is 16.0 Å². The van der Waals surface area contributed by atoms with Gasteiger partial charge in [0.1, 0.15) is 11.5 Å². The zero-order chi connectivity index (χ0) is 29.7. The summed E-state index contributed by atoms with van der Waals surface area (Å²) in [6.45, 7) is 3.61. The number of aryl methyl sites for hydroxylation is 2. The molecule has 5 rings (SSSR count). The Balaban J connectivity index is 1.32. The van der Waals surface area contributed by atoms with E-state index < -0.39 is 17.9 Å². The minimum atomic E-state index is -4.78. The van der Waals surface area contributed by atoms with Crippen molar-refractivity contribution >= 4 is 16.9 Å². The maximum atomic E-state index is 13.0. The summed E-state index contributed by atoms with van der Waals surface area (Å²) in [4.78, 5) is 16.6. The molecule has 4 nitrogen and oxygen atoms in total. The molecule has 4 aromatic carbocycles. The molecular weight excluding hydrogens is 561 g/mol. The van der Waals surface area contributed by atoms with Crippen molar-refractivity contribution in [3.8, 4) is 11.5 Å². The Bertz CT molecular complexity index is 1490. The lowest BCUT2D eigenvalue weighted by molar-refractivity contribution is -0.274. The molecule has 216 valence electrons. The summed E-state index contributed by atoms with van der Waals surface area (Å²) in [6.07, 6.45) is 0.0167. The standard InChI is InChI=1S/C34H30F3O4S/c1-24-21-30(42(28-11-5-3-6-12-28)29-13-7-4-8-14-29)22-25(2)32(24)39-23-31(38)41-33(19-9-10-20-33)26-15-17-27(18-16-26)40-34(35,36)37/h3-9,11-19,21-22H,10,20,23H2,1-2H3/q+1. The molecular formula is C34H30F3O4S+. The van der Waals surface area contributed by atoms with Crippen molar-refractivity contribution in [2.45, 2.75) is 53.3 Å². The van der Waals surface area contributed by atoms with E-state index in [1.165, 1.54) is 34.1 Å². The molecule has 0 aliphatic heterocycles. The van der Waals surface area contributed by atoms with E-state index in [1.807, 2.05) is 56.3 Å². The van der Waals surface area contributed by atoms with Crippen molar-refractivity contribution in [1.29, 1.82) is 0 Å². The van der Waals surface area contributed by atoms with Gasteiger partial charge in [-0.3, -0.25) is 0 Å². The molecule has 0 bridgehead atoms. The third-order valence-electron chi connectivity index (χ3n) is 6.90. The molecule has 0 fully saturated rings. The van der Waals surface area contributed by atoms with Gasteiger partial charge in [0.25, 0.3) is 0 Å². The number of halogens is 3. The number of rotatable bonds is 9. The van der Waals surface area contributed by atoms with Crippen molar-refractivity contribution in [3.05, 3.63) is 126 Å². The van der Waals surface area contributed by atoms with E-state index in [9.17, 15) is 18.0 Å². The first-order valence-electron chi connectivity index (χ1n) is 13.5. The summed E-state index contributed by atoms with van der Waals surface area (Å²) in [5.74, 6) is -0.298. The fraction of sp³-hybridized carbons (Fsp3) is 0.206. The number of alkyl halides is 3. The highest BCUT2D eigenvalue weighted by molar-refractivity contribution is 7.97. The third kappa shape index (κ3) is 6.82. The second kappa shape index (κ2) is 12.4. The van der Waals surface area contributed by atoms with E-state index in [1.54, 1.807) is 6.08 Å². The van der Waals surface area contributed by atoms with Gasteiger partial charge in [0.15, 0.2) is 26.9 Å². The van der Waals surface area contributed by atoms with E-state index in [-0.39, 0.29) is 23.3 Å². The maximum Gasteiger partial charge on any atom is 0.573 e. The minimum absolute atomic E-state index is 0.311. The number of hydrogen-bond acceptors (Lipinski definition) is 4. The molecule has 4 aromatic rings. The Hall–Kier alpha value is -4.17. The lowest BCUT2D eigenvalue weighted by atomic mass is 9.93. The molecule has 1 unspecified atom stereocenters. The Morgan fingerprint density at radius 1 is 0.833 bits per heavy atom. The highest BCUT2D eigenvalue weighted by atomic mass is 32.2. The van der Waals surface area contributed by atoms with Crippen LogP contribution in [0, 0.1) is 13.8 Å². The molecule has 0 N–H and O–H groups in total. The zero-order valence-corrected chi connectivity index (χ0v) is 24.0. The molecule has 1 aliphatic rings. The Kier molecular flexibility index (Phi) is 8.64. The van der Waals surface area contributed by atoms with Gasteiger partial charge in [-0.15, -0.1) is 13.2 Å². The van der Waals surface area contributed by atoms with Crippen molar-refractivity contribution < 1.29 is 32.2 Å². The Morgan fingerprint density at radius 3 is 1.90 bits per heavy atom. The van der Waals surface area contributed by atoms with Gasteiger partial charge >= 0.3 is 12.3 Å². The number of benzene rings is 4. The van der Waals surface area contributed by atoms with Gasteiger partial charge in [-0.1, -0.05) is 54.6 Å². The molecule has 1 atom stereocenters. The fourth-order valence-electron chi connectivity index (χ4n) is 5.12. The van der Waals surface area contributed by atoms with Gasteiger partial charge in [0, 0.05) is 12.1 Å². The topological polar surface area (TPSA) is 44.8 Å². The van der Waals surface area contributed by atoms with E-state index in [0.29, 0.717) is 24.2 Å². The molecule has 0 spiro atoms. The molecule has 1 aliphatic carbocycles. The zero-order valence-electron chi connectivity index (χ0n) is 23.2. The second-order valence-corrected chi connectivity index (χ2v) is 12.0. The summed E-state index contributed by atoms with van der Waals surface area (Å²) in [5, 5.41) is 0. The molecule has 0 aromatic heterocycles. The number of carbonyl (C=O) groups excluding carboxylic acids is 1. The van der Waals surface area contributed by atoms with Crippen LogP contribution < -0.4 is 9.47 Å². The normalized spacial score (nSPS) is 16.4. The van der Waals surface area contributed by atoms with Crippen LogP contribution in [0.4, 0.5) is 13.2 Å². The molecule has 8 heteroatoms. The third-order valence-corrected chi connectivity index (χ3v) is 9.10. The van der Waals surface area contributed by atoms with Crippen LogP contribution in [0.25, 0.3) is 0 Å². The van der Waals surface area contributed by atoms with Gasteiger partial charge in [-0.05, 0) is 85.9 Å². The van der Waals surface area contributed by atoms with Crippen LogP contribution in [0.5, 0.6) is 11.5 Å². The van der Waals surface area contributed by atoms with Gasteiger partial charge < -0.3 is 14.2 Å². The predicted molar refractivity (Wildman–Crippen MR) is 156 cm³/mol. The minimum Gasteiger partial charge on any atom is -0.481 e. The number of allylic oxidation sites excluding steroid dienone is 1. The first kappa shape index (κ1) is 29.3. The van der Waals surface area contributed by atoms with Crippen LogP contribution in [0.2, 0.25) is 0 Å². The highest BCUT2D eigenvalue weighted by Crippen LogP contribution is 2.39. The number of hydrogen-bond donors (Lipinski definition) is 0. The van der Waals surface area contributed by atoms with Gasteiger partial charge in [0.2, 0.25) is 0 Å². The van der Waals surface area contributed by atoms with Crippen molar-refractivity contribution in [2.75, 3.05) is 6.61 Å². The second-order valence-electron chi connectivity index (χ2n) is 9.98. The molecule has 0 saturated heterocycles. The van der Waals surface area contributed by atoms with Gasteiger partial charge in [-0.2, -0.15) is 0 Å². The lowest BCUT2D eigenvalue weighted by Gasteiger charge is -2.28. The van der Waals surface area contributed by atoms with E-state index in [2.05, 4.69) is 41.1 Å². The van der Waals surface area contributed by atoms with E-state index in [4.69, 9.17) is 9.47 Å². The van der Waals surface area contributed by atoms with Gasteiger partial charge in [0.05, 0.1) is 10.9 Å². The van der Waals surface area contributed by atoms with E-state index >= 15 is 0 Å². The first-order chi connectivity index (χ1) is 20.1. The van der Waals surface area contributed by atoms with Crippen molar-refractivity contribution in [3.63, 3.8) is 0 Å². The Labute approximate surface area is 246 Å². The van der Waals surface area contributed by atoms with Crippen molar-refractivity contribution in [2.24, 2.45) is 0 Å². The highest BCUT2D eigenvalue weighted by Gasteiger charge is 2.37. The van der Waals surface area contributed by atoms with Crippen LogP contribution in [0.15, 0.2) is 124 Å². The number of esters is 1. The van der Waals surface area contributed by atoms with Crippen LogP contribution >= 0.6 is 0 Å². The largest absolute Gasteiger partial charge is 0.573 e. The SMILES string of the molecule is Cc1cc([S+](c2ccccc2)c2ccccc2)cc(C)c1OCC(=O)OC1(c2ccc(OC(F)(F)F)cc2)C=CCC1. The predicted octanol–water partition coefficient (Wildman–Crippen LogP) is 8.46. The van der Waals surface area contributed by atoms with Crippen LogP contribution in [0.3, 0.4) is 0 Å². The molecule has 0 radical (unpaired) electrons. The van der Waals surface area contributed by atoms with Crippen LogP contribution in [0.1, 0.15) is 29.5 Å². The molecule has 42 heavy (non-hydrogen) atoms. The fourth-order valence-corrected chi connectivity index (χ4v) is 7.38. The van der Waals surface area contributed by atoms with Crippen LogP contribution in [-0.2, 0) is 26.0 Å².